The lowest BCUT2D eigenvalue weighted by atomic mass is 10.1. The van der Waals surface area contributed by atoms with Gasteiger partial charge in [-0.05, 0) is 38.0 Å². The second-order valence-corrected chi connectivity index (χ2v) is 4.87. The van der Waals surface area contributed by atoms with E-state index in [0.717, 1.165) is 43.6 Å². The fourth-order valence-electron chi connectivity index (χ4n) is 2.52. The summed E-state index contributed by atoms with van der Waals surface area (Å²) in [4.78, 5) is 6.68. The van der Waals surface area contributed by atoms with Crippen molar-refractivity contribution in [3.05, 3.63) is 18.2 Å². The van der Waals surface area contributed by atoms with Gasteiger partial charge in [0.05, 0.1) is 6.10 Å². The van der Waals surface area contributed by atoms with Crippen molar-refractivity contribution in [3.8, 4) is 0 Å². The average molecular weight is 261 g/mol. The van der Waals surface area contributed by atoms with Gasteiger partial charge in [-0.2, -0.15) is 4.98 Å². The van der Waals surface area contributed by atoms with E-state index in [1.54, 1.807) is 0 Å². The van der Waals surface area contributed by atoms with E-state index in [1.165, 1.54) is 0 Å². The van der Waals surface area contributed by atoms with Crippen LogP contribution in [0.25, 0.3) is 11.1 Å². The number of nitrogens with zero attached hydrogens (tertiary/aromatic N) is 2. The first-order valence-electron chi connectivity index (χ1n) is 6.79. The number of hydrogen-bond acceptors (Lipinski definition) is 5. The highest BCUT2D eigenvalue weighted by atomic mass is 16.5. The Morgan fingerprint density at radius 1 is 1.42 bits per heavy atom. The summed E-state index contributed by atoms with van der Waals surface area (Å²) in [5.74, 6) is 0. The van der Waals surface area contributed by atoms with Crippen LogP contribution in [-0.4, -0.2) is 30.8 Å². The van der Waals surface area contributed by atoms with E-state index in [9.17, 15) is 0 Å². The first-order chi connectivity index (χ1) is 9.26. The Hall–Kier alpha value is -1.75. The summed E-state index contributed by atoms with van der Waals surface area (Å²) >= 11 is 0. The lowest BCUT2D eigenvalue weighted by Crippen LogP contribution is -2.37. The molecule has 0 atom stereocenters. The lowest BCUT2D eigenvalue weighted by molar-refractivity contribution is 0.0453. The molecule has 1 fully saturated rings. The topological polar surface area (TPSA) is 64.5 Å². The van der Waals surface area contributed by atoms with Crippen molar-refractivity contribution in [3.63, 3.8) is 0 Å². The molecule has 1 aromatic carbocycles. The van der Waals surface area contributed by atoms with Crippen molar-refractivity contribution in [2.45, 2.75) is 25.9 Å². The van der Waals surface area contributed by atoms with Crippen LogP contribution in [0.5, 0.6) is 0 Å². The van der Waals surface area contributed by atoms with Crippen molar-refractivity contribution < 1.29 is 9.15 Å². The summed E-state index contributed by atoms with van der Waals surface area (Å²) in [5.41, 5.74) is 8.07. The molecular formula is C14H19N3O2. The molecular weight excluding hydrogens is 242 g/mol. The van der Waals surface area contributed by atoms with Crippen molar-refractivity contribution in [2.75, 3.05) is 30.3 Å². The molecule has 3 rings (SSSR count). The molecule has 0 spiro atoms. The molecule has 1 aliphatic rings. The number of anilines is 2. The van der Waals surface area contributed by atoms with Crippen LogP contribution < -0.4 is 10.6 Å². The van der Waals surface area contributed by atoms with Gasteiger partial charge in [-0.3, -0.25) is 0 Å². The largest absolute Gasteiger partial charge is 0.423 e. The molecule has 2 N–H and O–H groups in total. The highest BCUT2D eigenvalue weighted by molar-refractivity contribution is 5.78. The molecule has 102 valence electrons. The van der Waals surface area contributed by atoms with Gasteiger partial charge in [-0.25, -0.2) is 0 Å². The number of oxazole rings is 1. The summed E-state index contributed by atoms with van der Waals surface area (Å²) in [6.45, 7) is 4.67. The van der Waals surface area contributed by atoms with Crippen molar-refractivity contribution in [1.82, 2.24) is 4.98 Å². The van der Waals surface area contributed by atoms with Crippen LogP contribution in [0.15, 0.2) is 22.6 Å². The first kappa shape index (κ1) is 12.3. The van der Waals surface area contributed by atoms with Gasteiger partial charge in [0.15, 0.2) is 5.58 Å². The van der Waals surface area contributed by atoms with E-state index in [1.807, 2.05) is 25.1 Å². The predicted octanol–water partition coefficient (Wildman–Crippen LogP) is 2.42. The predicted molar refractivity (Wildman–Crippen MR) is 75.3 cm³/mol. The third-order valence-corrected chi connectivity index (χ3v) is 3.52. The summed E-state index contributed by atoms with van der Waals surface area (Å²) < 4.78 is 11.4. The Labute approximate surface area is 112 Å². The van der Waals surface area contributed by atoms with Crippen LogP contribution in [0, 0.1) is 0 Å². The van der Waals surface area contributed by atoms with Gasteiger partial charge < -0.3 is 19.8 Å². The molecule has 0 bridgehead atoms. The number of hydrogen-bond donors (Lipinski definition) is 1. The third kappa shape index (κ3) is 2.51. The minimum atomic E-state index is 0.376. The molecule has 1 saturated heterocycles. The number of piperidine rings is 1. The molecule has 2 heterocycles. The highest BCUT2D eigenvalue weighted by Gasteiger charge is 2.22. The quantitative estimate of drug-likeness (QED) is 0.860. The molecule has 1 aliphatic heterocycles. The van der Waals surface area contributed by atoms with Gasteiger partial charge in [0.1, 0.15) is 5.52 Å². The monoisotopic (exact) mass is 261 g/mol. The second kappa shape index (κ2) is 5.09. The van der Waals surface area contributed by atoms with E-state index >= 15 is 0 Å². The van der Waals surface area contributed by atoms with Gasteiger partial charge in [-0.1, -0.05) is 0 Å². The minimum Gasteiger partial charge on any atom is -0.423 e. The Bertz CT molecular complexity index is 559. The molecule has 1 aromatic heterocycles. The standard InChI is InChI=1S/C14H19N3O2/c1-2-18-11-5-7-17(8-6-11)14-16-12-9-10(15)3-4-13(12)19-14/h3-4,9,11H,2,5-8,15H2,1H3. The summed E-state index contributed by atoms with van der Waals surface area (Å²) in [6.07, 6.45) is 2.42. The fraction of sp³-hybridized carbons (Fsp3) is 0.500. The fourth-order valence-corrected chi connectivity index (χ4v) is 2.52. The minimum absolute atomic E-state index is 0.376. The van der Waals surface area contributed by atoms with Gasteiger partial charge in [0.2, 0.25) is 0 Å². The van der Waals surface area contributed by atoms with Gasteiger partial charge in [-0.15, -0.1) is 0 Å². The number of benzene rings is 1. The van der Waals surface area contributed by atoms with E-state index in [0.29, 0.717) is 17.8 Å². The van der Waals surface area contributed by atoms with Crippen molar-refractivity contribution in [2.24, 2.45) is 0 Å². The maximum Gasteiger partial charge on any atom is 0.298 e. The molecule has 0 unspecified atom stereocenters. The zero-order chi connectivity index (χ0) is 13.2. The molecule has 0 amide bonds. The van der Waals surface area contributed by atoms with E-state index < -0.39 is 0 Å². The number of ether oxygens (including phenoxy) is 1. The van der Waals surface area contributed by atoms with Crippen molar-refractivity contribution >= 4 is 22.8 Å². The van der Waals surface area contributed by atoms with Crippen LogP contribution in [0.3, 0.4) is 0 Å². The van der Waals surface area contributed by atoms with E-state index in [-0.39, 0.29) is 0 Å². The van der Waals surface area contributed by atoms with Gasteiger partial charge >= 0.3 is 0 Å². The molecule has 0 aliphatic carbocycles. The average Bonchev–Trinajstić information content (AvgIpc) is 2.83. The summed E-state index contributed by atoms with van der Waals surface area (Å²) in [6, 6.07) is 6.23. The molecule has 19 heavy (non-hydrogen) atoms. The maximum absolute atomic E-state index is 5.78. The van der Waals surface area contributed by atoms with E-state index in [2.05, 4.69) is 9.88 Å². The third-order valence-electron chi connectivity index (χ3n) is 3.52. The van der Waals surface area contributed by atoms with Crippen molar-refractivity contribution in [1.29, 1.82) is 0 Å². The van der Waals surface area contributed by atoms with Crippen LogP contribution in [0.2, 0.25) is 0 Å². The highest BCUT2D eigenvalue weighted by Crippen LogP contribution is 2.26. The van der Waals surface area contributed by atoms with Gasteiger partial charge in [0, 0.05) is 25.4 Å². The maximum atomic E-state index is 5.78. The molecule has 5 nitrogen and oxygen atoms in total. The number of aromatic nitrogens is 1. The lowest BCUT2D eigenvalue weighted by Gasteiger charge is -2.30. The summed E-state index contributed by atoms with van der Waals surface area (Å²) in [5, 5.41) is 0. The smallest absolute Gasteiger partial charge is 0.298 e. The Kier molecular flexibility index (Phi) is 3.29. The zero-order valence-electron chi connectivity index (χ0n) is 11.1. The van der Waals surface area contributed by atoms with Crippen LogP contribution in [-0.2, 0) is 4.74 Å². The van der Waals surface area contributed by atoms with E-state index in [4.69, 9.17) is 14.9 Å². The number of nitrogen functional groups attached to an aromatic ring is 1. The molecule has 2 aromatic rings. The number of nitrogens with two attached hydrogens (primary N) is 1. The Morgan fingerprint density at radius 3 is 2.95 bits per heavy atom. The Balaban J connectivity index is 1.74. The molecule has 0 saturated carbocycles. The molecule has 0 radical (unpaired) electrons. The Morgan fingerprint density at radius 2 is 2.21 bits per heavy atom. The van der Waals surface area contributed by atoms with Crippen LogP contribution >= 0.6 is 0 Å². The summed E-state index contributed by atoms with van der Waals surface area (Å²) in [7, 11) is 0. The second-order valence-electron chi connectivity index (χ2n) is 4.87. The number of rotatable bonds is 3. The zero-order valence-corrected chi connectivity index (χ0v) is 11.1. The first-order valence-corrected chi connectivity index (χ1v) is 6.79. The van der Waals surface area contributed by atoms with Crippen LogP contribution in [0.4, 0.5) is 11.7 Å². The SMILES string of the molecule is CCOC1CCN(c2nc3cc(N)ccc3o2)CC1. The van der Waals surface area contributed by atoms with Crippen LogP contribution in [0.1, 0.15) is 19.8 Å². The number of fused-ring (bicyclic) bond motifs is 1. The molecule has 5 heteroatoms. The normalized spacial score (nSPS) is 17.2. The van der Waals surface area contributed by atoms with Gasteiger partial charge in [0.25, 0.3) is 6.01 Å².